The van der Waals surface area contributed by atoms with Gasteiger partial charge in [0.05, 0.1) is 25.9 Å². The Morgan fingerprint density at radius 1 is 1.10 bits per heavy atom. The quantitative estimate of drug-likeness (QED) is 0.902. The maximum Gasteiger partial charge on any atom is 0.142 e. The molecule has 4 nitrogen and oxygen atoms in total. The van der Waals surface area contributed by atoms with E-state index in [1.54, 1.807) is 20.3 Å². The highest BCUT2D eigenvalue weighted by Crippen LogP contribution is 2.38. The summed E-state index contributed by atoms with van der Waals surface area (Å²) in [6, 6.07) is 11.5. The number of benzene rings is 2. The topological polar surface area (TPSA) is 50.7 Å². The first-order chi connectivity index (χ1) is 10.2. The second-order valence-corrected chi connectivity index (χ2v) is 5.18. The molecule has 4 heteroatoms. The van der Waals surface area contributed by atoms with Crippen LogP contribution >= 0.6 is 0 Å². The summed E-state index contributed by atoms with van der Waals surface area (Å²) in [5.41, 5.74) is 3.36. The minimum atomic E-state index is 0.224. The van der Waals surface area contributed by atoms with Gasteiger partial charge in [0.25, 0.3) is 0 Å². The van der Waals surface area contributed by atoms with Crippen LogP contribution in [0.15, 0.2) is 36.4 Å². The summed E-state index contributed by atoms with van der Waals surface area (Å²) in [4.78, 5) is 0. The molecular formula is C17H19NO3. The fourth-order valence-electron chi connectivity index (χ4n) is 2.87. The van der Waals surface area contributed by atoms with Gasteiger partial charge in [-0.2, -0.15) is 0 Å². The van der Waals surface area contributed by atoms with E-state index in [4.69, 9.17) is 9.47 Å². The van der Waals surface area contributed by atoms with Gasteiger partial charge in [-0.05, 0) is 48.2 Å². The maximum atomic E-state index is 9.57. The van der Waals surface area contributed by atoms with E-state index in [0.29, 0.717) is 5.75 Å². The van der Waals surface area contributed by atoms with Crippen molar-refractivity contribution in [2.24, 2.45) is 0 Å². The van der Waals surface area contributed by atoms with Crippen molar-refractivity contribution in [3.05, 3.63) is 47.5 Å². The molecule has 0 aliphatic heterocycles. The Hall–Kier alpha value is -2.36. The lowest BCUT2D eigenvalue weighted by Gasteiger charge is -2.18. The molecule has 2 N–H and O–H groups in total. The Balaban J connectivity index is 1.88. The van der Waals surface area contributed by atoms with E-state index in [2.05, 4.69) is 5.32 Å². The van der Waals surface area contributed by atoms with Gasteiger partial charge in [0.1, 0.15) is 17.2 Å². The number of hydrogen-bond donors (Lipinski definition) is 2. The second-order valence-electron chi connectivity index (χ2n) is 5.18. The standard InChI is InChI=1S/C17H19NO3/c1-20-13-5-8-17(21-2)16(10-13)18-15-7-3-11-9-12(19)4-6-14(11)15/h4-6,8-10,15,18-19H,3,7H2,1-2H3. The summed E-state index contributed by atoms with van der Waals surface area (Å²) in [6.07, 6.45) is 1.97. The number of phenols is 1. The van der Waals surface area contributed by atoms with E-state index in [-0.39, 0.29) is 6.04 Å². The number of aryl methyl sites for hydroxylation is 1. The van der Waals surface area contributed by atoms with Crippen molar-refractivity contribution in [1.29, 1.82) is 0 Å². The van der Waals surface area contributed by atoms with E-state index in [1.807, 2.05) is 30.3 Å². The lowest BCUT2D eigenvalue weighted by atomic mass is 10.1. The first-order valence-corrected chi connectivity index (χ1v) is 7.01. The highest BCUT2D eigenvalue weighted by atomic mass is 16.5. The van der Waals surface area contributed by atoms with Crippen LogP contribution < -0.4 is 14.8 Å². The summed E-state index contributed by atoms with van der Waals surface area (Å²) in [7, 11) is 3.31. The molecule has 0 amide bonds. The van der Waals surface area contributed by atoms with Crippen LogP contribution in [0.1, 0.15) is 23.6 Å². The van der Waals surface area contributed by atoms with Gasteiger partial charge in [0.15, 0.2) is 0 Å². The molecule has 0 bridgehead atoms. The molecule has 0 heterocycles. The van der Waals surface area contributed by atoms with Crippen molar-refractivity contribution in [2.45, 2.75) is 18.9 Å². The van der Waals surface area contributed by atoms with Crippen molar-refractivity contribution in [2.75, 3.05) is 19.5 Å². The molecule has 0 saturated heterocycles. The smallest absolute Gasteiger partial charge is 0.142 e. The predicted molar refractivity (Wildman–Crippen MR) is 82.3 cm³/mol. The van der Waals surface area contributed by atoms with Crippen molar-refractivity contribution >= 4 is 5.69 Å². The van der Waals surface area contributed by atoms with Gasteiger partial charge < -0.3 is 19.9 Å². The Morgan fingerprint density at radius 3 is 2.71 bits per heavy atom. The van der Waals surface area contributed by atoms with Crippen LogP contribution in [0.3, 0.4) is 0 Å². The second kappa shape index (κ2) is 5.56. The fourth-order valence-corrected chi connectivity index (χ4v) is 2.87. The van der Waals surface area contributed by atoms with E-state index in [1.165, 1.54) is 11.1 Å². The van der Waals surface area contributed by atoms with Crippen molar-refractivity contribution in [3.8, 4) is 17.2 Å². The molecule has 1 atom stereocenters. The van der Waals surface area contributed by atoms with E-state index < -0.39 is 0 Å². The van der Waals surface area contributed by atoms with Crippen molar-refractivity contribution < 1.29 is 14.6 Å². The zero-order valence-electron chi connectivity index (χ0n) is 12.2. The highest BCUT2D eigenvalue weighted by Gasteiger charge is 2.23. The third-order valence-electron chi connectivity index (χ3n) is 3.94. The zero-order valence-corrected chi connectivity index (χ0v) is 12.2. The molecule has 0 fully saturated rings. The number of rotatable bonds is 4. The molecule has 3 rings (SSSR count). The number of fused-ring (bicyclic) bond motifs is 1. The number of ether oxygens (including phenoxy) is 2. The summed E-state index contributed by atoms with van der Waals surface area (Å²) in [5.74, 6) is 1.92. The molecule has 21 heavy (non-hydrogen) atoms. The van der Waals surface area contributed by atoms with Gasteiger partial charge >= 0.3 is 0 Å². The third kappa shape index (κ3) is 2.61. The predicted octanol–water partition coefficient (Wildman–Crippen LogP) is 3.51. The van der Waals surface area contributed by atoms with E-state index in [0.717, 1.165) is 30.0 Å². The Morgan fingerprint density at radius 2 is 1.95 bits per heavy atom. The number of aromatic hydroxyl groups is 1. The lowest BCUT2D eigenvalue weighted by molar-refractivity contribution is 0.404. The van der Waals surface area contributed by atoms with Crippen molar-refractivity contribution in [1.82, 2.24) is 0 Å². The average molecular weight is 285 g/mol. The SMILES string of the molecule is COc1ccc(OC)c(NC2CCc3cc(O)ccc32)c1. The first-order valence-electron chi connectivity index (χ1n) is 7.01. The molecule has 1 unspecified atom stereocenters. The summed E-state index contributed by atoms with van der Waals surface area (Å²) >= 11 is 0. The molecule has 0 spiro atoms. The van der Waals surface area contributed by atoms with Gasteiger partial charge in [-0.1, -0.05) is 6.07 Å². The summed E-state index contributed by atoms with van der Waals surface area (Å²) < 4.78 is 10.7. The van der Waals surface area contributed by atoms with Crippen LogP contribution in [0.25, 0.3) is 0 Å². The average Bonchev–Trinajstić information content (AvgIpc) is 2.89. The third-order valence-corrected chi connectivity index (χ3v) is 3.94. The van der Waals surface area contributed by atoms with Gasteiger partial charge in [-0.15, -0.1) is 0 Å². The Labute approximate surface area is 124 Å². The Kier molecular flexibility index (Phi) is 3.60. The van der Waals surface area contributed by atoms with Crippen LogP contribution in [0.2, 0.25) is 0 Å². The molecule has 110 valence electrons. The fraction of sp³-hybridized carbons (Fsp3) is 0.294. The minimum absolute atomic E-state index is 0.224. The van der Waals surface area contributed by atoms with Crippen LogP contribution in [0.5, 0.6) is 17.2 Å². The number of hydrogen-bond acceptors (Lipinski definition) is 4. The highest BCUT2D eigenvalue weighted by molar-refractivity contribution is 5.61. The number of anilines is 1. The van der Waals surface area contributed by atoms with Gasteiger partial charge in [0, 0.05) is 6.07 Å². The normalized spacial score (nSPS) is 16.4. The van der Waals surface area contributed by atoms with Gasteiger partial charge in [-0.3, -0.25) is 0 Å². The molecular weight excluding hydrogens is 266 g/mol. The van der Waals surface area contributed by atoms with Gasteiger partial charge in [-0.25, -0.2) is 0 Å². The van der Waals surface area contributed by atoms with Crippen molar-refractivity contribution in [3.63, 3.8) is 0 Å². The molecule has 0 saturated carbocycles. The first kappa shape index (κ1) is 13.6. The number of nitrogens with one attached hydrogen (secondary N) is 1. The van der Waals surface area contributed by atoms with Crippen LogP contribution in [-0.2, 0) is 6.42 Å². The maximum absolute atomic E-state index is 9.57. The largest absolute Gasteiger partial charge is 0.508 e. The monoisotopic (exact) mass is 285 g/mol. The minimum Gasteiger partial charge on any atom is -0.508 e. The van der Waals surface area contributed by atoms with E-state index >= 15 is 0 Å². The number of methoxy groups -OCH3 is 2. The summed E-state index contributed by atoms with van der Waals surface area (Å²) in [5, 5.41) is 13.1. The molecule has 0 aromatic heterocycles. The molecule has 2 aromatic rings. The van der Waals surface area contributed by atoms with E-state index in [9.17, 15) is 5.11 Å². The number of phenolic OH excluding ortho intramolecular Hbond substituents is 1. The molecule has 1 aliphatic carbocycles. The zero-order chi connectivity index (χ0) is 14.8. The Bertz CT molecular complexity index is 654. The summed E-state index contributed by atoms with van der Waals surface area (Å²) in [6.45, 7) is 0. The van der Waals surface area contributed by atoms with Crippen LogP contribution in [0, 0.1) is 0 Å². The van der Waals surface area contributed by atoms with Gasteiger partial charge in [0.2, 0.25) is 0 Å². The van der Waals surface area contributed by atoms with Crippen LogP contribution in [-0.4, -0.2) is 19.3 Å². The molecule has 1 aliphatic rings. The molecule has 2 aromatic carbocycles. The molecule has 0 radical (unpaired) electrons. The van der Waals surface area contributed by atoms with Crippen LogP contribution in [0.4, 0.5) is 5.69 Å². The lowest BCUT2D eigenvalue weighted by Crippen LogP contribution is -2.08.